The van der Waals surface area contributed by atoms with Crippen LogP contribution in [0.25, 0.3) is 0 Å². The summed E-state index contributed by atoms with van der Waals surface area (Å²) in [5, 5.41) is 49.5. The van der Waals surface area contributed by atoms with Crippen molar-refractivity contribution >= 4 is 16.3 Å². The molecule has 0 saturated heterocycles. The van der Waals surface area contributed by atoms with Crippen LogP contribution in [-0.4, -0.2) is 108 Å². The average molecular weight is 421 g/mol. The molecule has 0 aliphatic heterocycles. The molecule has 0 heterocycles. The number of amides is 1. The highest BCUT2D eigenvalue weighted by atomic mass is 32.3. The van der Waals surface area contributed by atoms with Gasteiger partial charge < -0.3 is 40.3 Å². The predicted molar refractivity (Wildman–Crippen MR) is 87.6 cm³/mol. The van der Waals surface area contributed by atoms with Crippen LogP contribution in [0.2, 0.25) is 0 Å². The fourth-order valence-corrected chi connectivity index (χ4v) is 2.20. The van der Waals surface area contributed by atoms with Gasteiger partial charge in [0.2, 0.25) is 5.91 Å². The maximum atomic E-state index is 11.2. The lowest BCUT2D eigenvalue weighted by Crippen LogP contribution is -2.51. The van der Waals surface area contributed by atoms with E-state index in [1.54, 1.807) is 0 Å². The summed E-state index contributed by atoms with van der Waals surface area (Å²) in [6, 6.07) is -0.911. The number of carbonyl (C=O) groups excluding carboxylic acids is 1. The Kier molecular flexibility index (Phi) is 12.1. The van der Waals surface area contributed by atoms with Crippen LogP contribution in [0, 0.1) is 0 Å². The standard InChI is InChI=1S/C13H27NO12S/c1-7(14-8(2)18)13(25-11(4-16)9(19)3-15)26-12(5-17)10(20)6-24-27(21,22)23/h7,9-13,15-17,19-20H,3-6H2,1-2H3,(H,14,18)(H,21,22,23)/t7-,9-,10?,11?,12-,13-/m0/s1. The van der Waals surface area contributed by atoms with Crippen molar-refractivity contribution in [2.45, 2.75) is 50.6 Å². The maximum Gasteiger partial charge on any atom is 0.397 e. The molecule has 0 saturated carbocycles. The van der Waals surface area contributed by atoms with Crippen molar-refractivity contribution in [2.75, 3.05) is 26.4 Å². The van der Waals surface area contributed by atoms with Gasteiger partial charge in [0.1, 0.15) is 24.4 Å². The van der Waals surface area contributed by atoms with Crippen molar-refractivity contribution in [1.29, 1.82) is 0 Å². The molecule has 0 fully saturated rings. The Hall–Kier alpha value is -0.940. The fourth-order valence-electron chi connectivity index (χ4n) is 1.89. The fraction of sp³-hybridized carbons (Fsp3) is 0.923. The molecule has 27 heavy (non-hydrogen) atoms. The molecule has 0 rings (SSSR count). The minimum atomic E-state index is -4.84. The number of rotatable bonds is 14. The van der Waals surface area contributed by atoms with Gasteiger partial charge in [0, 0.05) is 6.92 Å². The molecule has 162 valence electrons. The lowest BCUT2D eigenvalue weighted by molar-refractivity contribution is -0.248. The molecule has 0 aromatic rings. The quantitative estimate of drug-likeness (QED) is 0.106. The zero-order valence-corrected chi connectivity index (χ0v) is 15.7. The highest BCUT2D eigenvalue weighted by Crippen LogP contribution is 2.14. The summed E-state index contributed by atoms with van der Waals surface area (Å²) in [5.41, 5.74) is 0. The first-order valence-corrected chi connectivity index (χ1v) is 9.20. The molecule has 13 nitrogen and oxygen atoms in total. The molecule has 0 spiro atoms. The summed E-state index contributed by atoms with van der Waals surface area (Å²) >= 11 is 0. The van der Waals surface area contributed by atoms with Gasteiger partial charge in [-0.1, -0.05) is 0 Å². The molecule has 0 aliphatic carbocycles. The Bertz CT molecular complexity index is 529. The van der Waals surface area contributed by atoms with E-state index in [9.17, 15) is 33.6 Å². The van der Waals surface area contributed by atoms with Gasteiger partial charge in [-0.2, -0.15) is 8.42 Å². The molecular weight excluding hydrogens is 394 g/mol. The van der Waals surface area contributed by atoms with E-state index >= 15 is 0 Å². The monoisotopic (exact) mass is 421 g/mol. The smallest absolute Gasteiger partial charge is 0.394 e. The molecule has 6 atom stereocenters. The van der Waals surface area contributed by atoms with Gasteiger partial charge in [0.15, 0.2) is 6.29 Å². The molecule has 0 aromatic heterocycles. The van der Waals surface area contributed by atoms with Gasteiger partial charge >= 0.3 is 10.4 Å². The second kappa shape index (κ2) is 12.5. The van der Waals surface area contributed by atoms with Gasteiger partial charge in [-0.15, -0.1) is 0 Å². The number of aliphatic hydroxyl groups excluding tert-OH is 5. The van der Waals surface area contributed by atoms with Crippen LogP contribution in [0.1, 0.15) is 13.8 Å². The number of hydrogen-bond donors (Lipinski definition) is 7. The van der Waals surface area contributed by atoms with Crippen LogP contribution in [0.3, 0.4) is 0 Å². The molecule has 0 aliphatic rings. The second-order valence-corrected chi connectivity index (χ2v) is 6.69. The van der Waals surface area contributed by atoms with E-state index in [1.165, 1.54) is 13.8 Å². The van der Waals surface area contributed by atoms with E-state index in [1.807, 2.05) is 0 Å². The van der Waals surface area contributed by atoms with Crippen LogP contribution in [-0.2, 0) is 28.9 Å². The molecule has 0 bridgehead atoms. The van der Waals surface area contributed by atoms with Gasteiger partial charge in [0.25, 0.3) is 0 Å². The van der Waals surface area contributed by atoms with Crippen molar-refractivity contribution in [1.82, 2.24) is 5.32 Å². The first kappa shape index (κ1) is 26.1. The predicted octanol–water partition coefficient (Wildman–Crippen LogP) is -3.87. The van der Waals surface area contributed by atoms with E-state index in [0.29, 0.717) is 0 Å². The zero-order chi connectivity index (χ0) is 21.2. The zero-order valence-electron chi connectivity index (χ0n) is 14.8. The number of aliphatic hydroxyl groups is 5. The Morgan fingerprint density at radius 1 is 1.00 bits per heavy atom. The molecule has 7 N–H and O–H groups in total. The van der Waals surface area contributed by atoms with Crippen LogP contribution in [0.4, 0.5) is 0 Å². The first-order chi connectivity index (χ1) is 12.4. The van der Waals surface area contributed by atoms with Gasteiger partial charge in [-0.05, 0) is 6.92 Å². The number of nitrogens with one attached hydrogen (secondary N) is 1. The lowest BCUT2D eigenvalue weighted by atomic mass is 10.2. The van der Waals surface area contributed by atoms with Gasteiger partial charge in [-0.25, -0.2) is 4.18 Å². The van der Waals surface area contributed by atoms with Crippen molar-refractivity contribution in [3.63, 3.8) is 0 Å². The normalized spacial score (nSPS) is 19.0. The summed E-state index contributed by atoms with van der Waals surface area (Å²) in [6.07, 6.45) is -7.49. The number of carbonyl (C=O) groups is 1. The van der Waals surface area contributed by atoms with Crippen molar-refractivity contribution in [2.24, 2.45) is 0 Å². The summed E-state index contributed by atoms with van der Waals surface area (Å²) in [4.78, 5) is 11.2. The molecule has 2 unspecified atom stereocenters. The van der Waals surface area contributed by atoms with E-state index in [0.717, 1.165) is 0 Å². The molecule has 0 radical (unpaired) electrons. The van der Waals surface area contributed by atoms with E-state index in [2.05, 4.69) is 9.50 Å². The molecular formula is C13H27NO12S. The Morgan fingerprint density at radius 2 is 1.48 bits per heavy atom. The van der Waals surface area contributed by atoms with Crippen LogP contribution in [0.15, 0.2) is 0 Å². The highest BCUT2D eigenvalue weighted by Gasteiger charge is 2.32. The molecule has 1 amide bonds. The van der Waals surface area contributed by atoms with Gasteiger partial charge in [0.05, 0.1) is 32.5 Å². The summed E-state index contributed by atoms with van der Waals surface area (Å²) in [7, 11) is -4.84. The van der Waals surface area contributed by atoms with Crippen LogP contribution in [0.5, 0.6) is 0 Å². The Balaban J connectivity index is 5.24. The minimum Gasteiger partial charge on any atom is -0.394 e. The third-order valence-corrected chi connectivity index (χ3v) is 3.68. The second-order valence-electron chi connectivity index (χ2n) is 5.60. The summed E-state index contributed by atoms with van der Waals surface area (Å²) in [5.74, 6) is -0.487. The summed E-state index contributed by atoms with van der Waals surface area (Å²) in [6.45, 7) is -0.657. The van der Waals surface area contributed by atoms with E-state index < -0.39 is 79.5 Å². The topological polar surface area (TPSA) is 212 Å². The summed E-state index contributed by atoms with van der Waals surface area (Å²) < 4.78 is 44.3. The van der Waals surface area contributed by atoms with Gasteiger partial charge in [-0.3, -0.25) is 9.35 Å². The molecule has 0 aromatic carbocycles. The lowest BCUT2D eigenvalue weighted by Gasteiger charge is -2.33. The Labute approximate surface area is 156 Å². The Morgan fingerprint density at radius 3 is 1.85 bits per heavy atom. The third kappa shape index (κ3) is 10.8. The first-order valence-electron chi connectivity index (χ1n) is 7.83. The molecule has 14 heteroatoms. The van der Waals surface area contributed by atoms with Crippen molar-refractivity contribution < 1.29 is 57.0 Å². The van der Waals surface area contributed by atoms with Crippen LogP contribution >= 0.6 is 0 Å². The largest absolute Gasteiger partial charge is 0.397 e. The third-order valence-electron chi connectivity index (χ3n) is 3.25. The van der Waals surface area contributed by atoms with E-state index in [-0.39, 0.29) is 0 Å². The van der Waals surface area contributed by atoms with E-state index in [4.69, 9.17) is 19.1 Å². The number of hydrogen-bond acceptors (Lipinski definition) is 11. The highest BCUT2D eigenvalue weighted by molar-refractivity contribution is 7.80. The average Bonchev–Trinajstić information content (AvgIpc) is 2.58. The minimum absolute atomic E-state index is 0.487. The van der Waals surface area contributed by atoms with Crippen molar-refractivity contribution in [3.8, 4) is 0 Å². The maximum absolute atomic E-state index is 11.2. The van der Waals surface area contributed by atoms with Crippen molar-refractivity contribution in [3.05, 3.63) is 0 Å². The SMILES string of the molecule is CC(=O)N[C@@H](C)[C@@H](OC(CO)[C@@H](O)CO)O[C@@H](CO)C(O)COS(=O)(=O)O. The van der Waals surface area contributed by atoms with Crippen LogP contribution < -0.4 is 5.32 Å². The number of ether oxygens (including phenoxy) is 2.